The van der Waals surface area contributed by atoms with Crippen molar-refractivity contribution in [2.75, 3.05) is 0 Å². The van der Waals surface area contributed by atoms with Crippen molar-refractivity contribution in [1.82, 2.24) is 4.57 Å². The first kappa shape index (κ1) is 44.2. The average molecular weight is 967 g/mol. The van der Waals surface area contributed by atoms with E-state index in [0.717, 1.165) is 12.1 Å². The van der Waals surface area contributed by atoms with Crippen LogP contribution >= 0.6 is 11.3 Å². The number of nitrogens with two attached hydrogens (primary N) is 1. The minimum atomic E-state index is -0.458. The summed E-state index contributed by atoms with van der Waals surface area (Å²) in [6.07, 6.45) is 5.11. The highest BCUT2D eigenvalue weighted by Gasteiger charge is 2.46. The van der Waals surface area contributed by atoms with Gasteiger partial charge in [-0.1, -0.05) is 213 Å². The molecule has 0 saturated carbocycles. The monoisotopic (exact) mass is 966 g/mol. The van der Waals surface area contributed by atoms with Crippen LogP contribution < -0.4 is 5.73 Å². The molecule has 2 heterocycles. The second-order valence-electron chi connectivity index (χ2n) is 20.6. The lowest BCUT2D eigenvalue weighted by Crippen LogP contribution is -2.28. The van der Waals surface area contributed by atoms with Gasteiger partial charge in [-0.25, -0.2) is 0 Å². The normalized spacial score (nSPS) is 16.3. The summed E-state index contributed by atoms with van der Waals surface area (Å²) in [6.45, 7) is 4.49. The highest BCUT2D eigenvalue weighted by Crippen LogP contribution is 2.56. The van der Waals surface area contributed by atoms with E-state index in [0.29, 0.717) is 0 Å². The average Bonchev–Trinajstić information content (AvgIpc) is 4.17. The van der Waals surface area contributed by atoms with E-state index < -0.39 is 5.41 Å². The Bertz CT molecular complexity index is 4150. The summed E-state index contributed by atoms with van der Waals surface area (Å²) in [4.78, 5) is 0. The zero-order chi connectivity index (χ0) is 49.5. The molecular weight excluding hydrogens is 913 g/mol. The molecule has 10 aromatic carbocycles. The van der Waals surface area contributed by atoms with E-state index in [9.17, 15) is 0 Å². The third-order valence-corrected chi connectivity index (χ3v) is 17.8. The second-order valence-corrected chi connectivity index (χ2v) is 21.7. The van der Waals surface area contributed by atoms with Gasteiger partial charge in [0.2, 0.25) is 0 Å². The highest BCUT2D eigenvalue weighted by atomic mass is 32.1. The van der Waals surface area contributed by atoms with E-state index in [2.05, 4.69) is 267 Å². The van der Waals surface area contributed by atoms with Crippen molar-refractivity contribution in [3.63, 3.8) is 0 Å². The van der Waals surface area contributed by atoms with Gasteiger partial charge in [-0.3, -0.25) is 0 Å². The van der Waals surface area contributed by atoms with E-state index in [1.807, 2.05) is 11.3 Å². The minimum Gasteiger partial charge on any atom is -0.402 e. The van der Waals surface area contributed by atoms with Crippen LogP contribution in [0.25, 0.3) is 75.4 Å². The van der Waals surface area contributed by atoms with Gasteiger partial charge in [0.25, 0.3) is 0 Å². The Labute approximate surface area is 437 Å². The first-order chi connectivity index (χ1) is 36.4. The van der Waals surface area contributed by atoms with Crippen LogP contribution in [-0.4, -0.2) is 4.57 Å². The van der Waals surface area contributed by atoms with Crippen LogP contribution in [0.4, 0.5) is 0 Å². The van der Waals surface area contributed by atoms with Crippen molar-refractivity contribution in [3.05, 3.63) is 299 Å². The van der Waals surface area contributed by atoms with E-state index in [4.69, 9.17) is 5.73 Å². The molecule has 2 aromatic heterocycles. The molecule has 2 nitrogen and oxygen atoms in total. The maximum atomic E-state index is 6.59. The number of thiophene rings is 1. The van der Waals surface area contributed by atoms with Crippen LogP contribution in [0.3, 0.4) is 0 Å². The fourth-order valence-corrected chi connectivity index (χ4v) is 14.1. The molecule has 14 rings (SSSR count). The highest BCUT2D eigenvalue weighted by molar-refractivity contribution is 7.25. The third kappa shape index (κ3) is 6.98. The Morgan fingerprint density at radius 1 is 0.473 bits per heavy atom. The molecule has 3 unspecified atom stereocenters. The van der Waals surface area contributed by atoms with Gasteiger partial charge in [0.05, 0.1) is 11.5 Å². The molecule has 0 amide bonds. The summed E-state index contributed by atoms with van der Waals surface area (Å²) in [5.41, 5.74) is 27.5. The molecule has 0 spiro atoms. The topological polar surface area (TPSA) is 30.9 Å². The Morgan fingerprint density at radius 2 is 1.03 bits per heavy atom. The van der Waals surface area contributed by atoms with Crippen LogP contribution in [0.15, 0.2) is 260 Å². The van der Waals surface area contributed by atoms with E-state index in [-0.39, 0.29) is 17.9 Å². The van der Waals surface area contributed by atoms with Crippen molar-refractivity contribution < 1.29 is 0 Å². The van der Waals surface area contributed by atoms with Gasteiger partial charge in [0, 0.05) is 59.5 Å². The number of rotatable bonds is 9. The SMILES string of the molecule is CC1=CC=C(N)C(C)C1n1c2ccccc2c2cc(-c3ccc(C(Cc4ccc5c(c4)C(c4ccccc4)(c4ccccc4)c4ccccc4-5)c4ccc(-c5ccc6sc7ccccc7c6c5)cc4)cc3)ccc21. The standard InChI is InChI=1S/C71H54N2S/c1-45-25-38-65(72)46(2)70(45)73-66-23-13-10-20-58(66)61-43-52(35-39-67(61)73)48-27-31-50(32-28-48)60(51-33-29-49(30-34-51)53-36-40-69-62(44-53)59-21-11-14-24-68(59)74-69)41-47-26-37-57-56-19-9-12-22-63(56)71(64(57)42-47,54-15-5-3-6-16-54)55-17-7-4-8-18-55/h3-40,42-44,46,60,70H,41,72H2,1-2H3. The summed E-state index contributed by atoms with van der Waals surface area (Å²) in [5.74, 6) is 0.289. The van der Waals surface area contributed by atoms with Gasteiger partial charge in [-0.05, 0) is 134 Å². The van der Waals surface area contributed by atoms with E-state index >= 15 is 0 Å². The number of allylic oxidation sites excluding steroid dienone is 4. The molecule has 74 heavy (non-hydrogen) atoms. The Morgan fingerprint density at radius 3 is 1.74 bits per heavy atom. The summed E-state index contributed by atoms with van der Waals surface area (Å²) in [5, 5.41) is 5.18. The van der Waals surface area contributed by atoms with Crippen LogP contribution in [0, 0.1) is 5.92 Å². The molecule has 3 atom stereocenters. The molecule has 0 bridgehead atoms. The van der Waals surface area contributed by atoms with Crippen molar-refractivity contribution in [1.29, 1.82) is 0 Å². The fraction of sp³-hybridized carbons (Fsp3) is 0.0986. The summed E-state index contributed by atoms with van der Waals surface area (Å²) >= 11 is 1.87. The molecule has 12 aromatic rings. The van der Waals surface area contributed by atoms with Crippen LogP contribution in [0.5, 0.6) is 0 Å². The molecule has 0 fully saturated rings. The van der Waals surface area contributed by atoms with Crippen molar-refractivity contribution in [2.24, 2.45) is 11.7 Å². The van der Waals surface area contributed by atoms with Gasteiger partial charge in [-0.2, -0.15) is 0 Å². The van der Waals surface area contributed by atoms with E-state index in [1.54, 1.807) is 0 Å². The summed E-state index contributed by atoms with van der Waals surface area (Å²) < 4.78 is 5.18. The number of hydrogen-bond donors (Lipinski definition) is 1. The van der Waals surface area contributed by atoms with Crippen molar-refractivity contribution >= 4 is 53.3 Å². The molecule has 2 N–H and O–H groups in total. The van der Waals surface area contributed by atoms with Gasteiger partial charge < -0.3 is 10.3 Å². The van der Waals surface area contributed by atoms with Crippen molar-refractivity contribution in [2.45, 2.75) is 37.6 Å². The molecule has 0 aliphatic heterocycles. The predicted octanol–water partition coefficient (Wildman–Crippen LogP) is 18.2. The first-order valence-corrected chi connectivity index (χ1v) is 26.9. The largest absolute Gasteiger partial charge is 0.402 e. The lowest BCUT2D eigenvalue weighted by atomic mass is 9.67. The predicted molar refractivity (Wildman–Crippen MR) is 313 cm³/mol. The maximum Gasteiger partial charge on any atom is 0.0713 e. The molecule has 0 radical (unpaired) electrons. The smallest absolute Gasteiger partial charge is 0.0713 e. The summed E-state index contributed by atoms with van der Waals surface area (Å²) in [6, 6.07) is 89.3. The second kappa shape index (κ2) is 17.6. The molecule has 2 aliphatic rings. The van der Waals surface area contributed by atoms with Gasteiger partial charge in [0.1, 0.15) is 0 Å². The molecular formula is C71H54N2S. The number of benzene rings is 10. The van der Waals surface area contributed by atoms with E-state index in [1.165, 1.54) is 120 Å². The molecule has 0 saturated heterocycles. The van der Waals surface area contributed by atoms with Crippen LogP contribution in [0.2, 0.25) is 0 Å². The first-order valence-electron chi connectivity index (χ1n) is 26.1. The zero-order valence-corrected chi connectivity index (χ0v) is 42.4. The van der Waals surface area contributed by atoms with Crippen LogP contribution in [-0.2, 0) is 11.8 Å². The number of nitrogens with zero attached hydrogens (tertiary/aromatic N) is 1. The fourth-order valence-electron chi connectivity index (χ4n) is 13.0. The summed E-state index contributed by atoms with van der Waals surface area (Å²) in [7, 11) is 0. The number of para-hydroxylation sites is 1. The number of hydrogen-bond acceptors (Lipinski definition) is 2. The molecule has 2 aliphatic carbocycles. The van der Waals surface area contributed by atoms with Gasteiger partial charge in [0.15, 0.2) is 0 Å². The Hall–Kier alpha value is -8.50. The van der Waals surface area contributed by atoms with Gasteiger partial charge >= 0.3 is 0 Å². The zero-order valence-electron chi connectivity index (χ0n) is 41.5. The lowest BCUT2D eigenvalue weighted by Gasteiger charge is -2.34. The van der Waals surface area contributed by atoms with Gasteiger partial charge in [-0.15, -0.1) is 11.3 Å². The number of fused-ring (bicyclic) bond motifs is 9. The molecule has 3 heteroatoms. The van der Waals surface area contributed by atoms with Crippen LogP contribution in [0.1, 0.15) is 64.8 Å². The maximum absolute atomic E-state index is 6.59. The molecule has 354 valence electrons. The number of aromatic nitrogens is 1. The minimum absolute atomic E-state index is 0.0989. The van der Waals surface area contributed by atoms with Crippen molar-refractivity contribution in [3.8, 4) is 33.4 Å². The quantitative estimate of drug-likeness (QED) is 0.154. The lowest BCUT2D eigenvalue weighted by molar-refractivity contribution is 0.459. The third-order valence-electron chi connectivity index (χ3n) is 16.6. The Balaban J connectivity index is 0.874. The Kier molecular flexibility index (Phi) is 10.5.